The van der Waals surface area contributed by atoms with Crippen LogP contribution in [0, 0.1) is 0 Å². The maximum absolute atomic E-state index is 12.3. The normalized spacial score (nSPS) is 23.4. The molecule has 2 aliphatic heterocycles. The van der Waals surface area contributed by atoms with Crippen LogP contribution in [-0.2, 0) is 4.79 Å². The van der Waals surface area contributed by atoms with Crippen LogP contribution in [0.3, 0.4) is 0 Å². The lowest BCUT2D eigenvalue weighted by molar-refractivity contribution is -0.118. The fourth-order valence-electron chi connectivity index (χ4n) is 2.78. The van der Waals surface area contributed by atoms with E-state index in [4.69, 9.17) is 9.47 Å². The Bertz CT molecular complexity index is 534. The van der Waals surface area contributed by atoms with Crippen LogP contribution in [0.1, 0.15) is 39.5 Å². The van der Waals surface area contributed by atoms with Crippen molar-refractivity contribution < 1.29 is 14.3 Å². The van der Waals surface area contributed by atoms with Crippen molar-refractivity contribution in [2.45, 2.75) is 51.4 Å². The monoisotopic (exact) mass is 290 g/mol. The molecule has 1 aromatic rings. The first-order chi connectivity index (χ1) is 10.0. The molecule has 0 saturated carbocycles. The number of carbonyl (C=O) groups excluding carboxylic acids is 1. The quantitative estimate of drug-likeness (QED) is 0.879. The van der Waals surface area contributed by atoms with Crippen molar-refractivity contribution in [2.75, 3.05) is 11.9 Å². The van der Waals surface area contributed by atoms with Gasteiger partial charge in [-0.25, -0.2) is 0 Å². The third-order valence-electron chi connectivity index (χ3n) is 3.80. The summed E-state index contributed by atoms with van der Waals surface area (Å²) in [5.74, 6) is 0.764. The molecule has 1 fully saturated rings. The van der Waals surface area contributed by atoms with Gasteiger partial charge in [0.05, 0.1) is 6.04 Å². The van der Waals surface area contributed by atoms with E-state index in [1.807, 2.05) is 32.0 Å². The second-order valence-electron chi connectivity index (χ2n) is 6.11. The van der Waals surface area contributed by atoms with Gasteiger partial charge in [-0.05, 0) is 31.5 Å². The number of hydrogen-bond acceptors (Lipinski definition) is 4. The average Bonchev–Trinajstić information content (AvgIpc) is 2.62. The molecule has 2 N–H and O–H groups in total. The zero-order chi connectivity index (χ0) is 14.9. The van der Waals surface area contributed by atoms with E-state index >= 15 is 0 Å². The van der Waals surface area contributed by atoms with Crippen LogP contribution in [0.25, 0.3) is 0 Å². The third kappa shape index (κ3) is 3.29. The number of hydrogen-bond donors (Lipinski definition) is 2. The van der Waals surface area contributed by atoms with Crippen LogP contribution in [-0.4, -0.2) is 24.3 Å². The molecule has 3 rings (SSSR count). The van der Waals surface area contributed by atoms with Crippen LogP contribution < -0.4 is 20.1 Å². The molecule has 1 unspecified atom stereocenters. The predicted molar refractivity (Wildman–Crippen MR) is 80.7 cm³/mol. The van der Waals surface area contributed by atoms with Crippen molar-refractivity contribution in [2.24, 2.45) is 0 Å². The molecule has 2 aliphatic rings. The molecule has 1 amide bonds. The van der Waals surface area contributed by atoms with Crippen molar-refractivity contribution in [3.05, 3.63) is 18.2 Å². The molecule has 1 aromatic carbocycles. The van der Waals surface area contributed by atoms with Crippen LogP contribution in [0.5, 0.6) is 11.5 Å². The molecule has 0 aliphatic carbocycles. The minimum absolute atomic E-state index is 0.0232. The summed E-state index contributed by atoms with van der Waals surface area (Å²) in [4.78, 5) is 12.3. The predicted octanol–water partition coefficient (Wildman–Crippen LogP) is 2.66. The standard InChI is InChI=1S/C16H22N2O3/c1-16(2)20-13-8-7-11(10-14(13)21-16)18-15(19)12-6-4-3-5-9-17-12/h7-8,10,12,17H,3-6,9H2,1-2H3,(H,18,19). The molecule has 0 radical (unpaired) electrons. The lowest BCUT2D eigenvalue weighted by atomic mass is 10.1. The molecule has 5 nitrogen and oxygen atoms in total. The van der Waals surface area contributed by atoms with E-state index in [0.717, 1.165) is 31.5 Å². The SMILES string of the molecule is CC1(C)Oc2ccc(NC(=O)C3CCCCCN3)cc2O1. The molecule has 2 heterocycles. The Morgan fingerprint density at radius 1 is 1.24 bits per heavy atom. The number of benzene rings is 1. The number of nitrogens with one attached hydrogen (secondary N) is 2. The van der Waals surface area contributed by atoms with Gasteiger partial charge in [-0.3, -0.25) is 4.79 Å². The van der Waals surface area contributed by atoms with Crippen molar-refractivity contribution in [3.8, 4) is 11.5 Å². The van der Waals surface area contributed by atoms with Gasteiger partial charge >= 0.3 is 0 Å². The van der Waals surface area contributed by atoms with Gasteiger partial charge in [0.25, 0.3) is 0 Å². The summed E-state index contributed by atoms with van der Waals surface area (Å²) in [5, 5.41) is 6.26. The molecule has 0 spiro atoms. The van der Waals surface area contributed by atoms with Crippen LogP contribution >= 0.6 is 0 Å². The molecule has 114 valence electrons. The molecule has 0 bridgehead atoms. The smallest absolute Gasteiger partial charge is 0.246 e. The second-order valence-corrected chi connectivity index (χ2v) is 6.11. The van der Waals surface area contributed by atoms with Crippen molar-refractivity contribution in [3.63, 3.8) is 0 Å². The number of carbonyl (C=O) groups is 1. The Balaban J connectivity index is 1.67. The summed E-state index contributed by atoms with van der Waals surface area (Å²) in [6, 6.07) is 5.39. The average molecular weight is 290 g/mol. The Labute approximate surface area is 125 Å². The Morgan fingerprint density at radius 2 is 2.05 bits per heavy atom. The van der Waals surface area contributed by atoms with Crippen molar-refractivity contribution >= 4 is 11.6 Å². The Hall–Kier alpha value is -1.75. The highest BCUT2D eigenvalue weighted by Gasteiger charge is 2.31. The maximum Gasteiger partial charge on any atom is 0.246 e. The summed E-state index contributed by atoms with van der Waals surface area (Å²) in [6.07, 6.45) is 4.32. The Kier molecular flexibility index (Phi) is 3.76. The van der Waals surface area contributed by atoms with Gasteiger partial charge in [-0.15, -0.1) is 0 Å². The van der Waals surface area contributed by atoms with Crippen LogP contribution in [0.4, 0.5) is 5.69 Å². The van der Waals surface area contributed by atoms with Gasteiger partial charge in [-0.1, -0.05) is 12.8 Å². The largest absolute Gasteiger partial charge is 0.449 e. The number of anilines is 1. The zero-order valence-electron chi connectivity index (χ0n) is 12.6. The lowest BCUT2D eigenvalue weighted by Crippen LogP contribution is -2.39. The number of fused-ring (bicyclic) bond motifs is 1. The summed E-state index contributed by atoms with van der Waals surface area (Å²) in [7, 11) is 0. The van der Waals surface area contributed by atoms with Gasteiger partial charge in [0.15, 0.2) is 11.5 Å². The fraction of sp³-hybridized carbons (Fsp3) is 0.562. The first kappa shape index (κ1) is 14.2. The lowest BCUT2D eigenvalue weighted by Gasteiger charge is -2.16. The van der Waals surface area contributed by atoms with Gasteiger partial charge in [0, 0.05) is 25.6 Å². The van der Waals surface area contributed by atoms with Gasteiger partial charge in [0.2, 0.25) is 11.7 Å². The molecular weight excluding hydrogens is 268 g/mol. The van der Waals surface area contributed by atoms with Crippen molar-refractivity contribution in [1.82, 2.24) is 5.32 Å². The first-order valence-corrected chi connectivity index (χ1v) is 7.60. The molecule has 0 aromatic heterocycles. The summed E-state index contributed by atoms with van der Waals surface area (Å²) >= 11 is 0. The molecule has 21 heavy (non-hydrogen) atoms. The van der Waals surface area contributed by atoms with E-state index in [1.54, 1.807) is 0 Å². The van der Waals surface area contributed by atoms with E-state index in [9.17, 15) is 4.79 Å². The summed E-state index contributed by atoms with van der Waals surface area (Å²) in [5.41, 5.74) is 0.742. The van der Waals surface area contributed by atoms with Gasteiger partial charge in [-0.2, -0.15) is 0 Å². The number of amides is 1. The first-order valence-electron chi connectivity index (χ1n) is 7.60. The minimum atomic E-state index is -0.645. The zero-order valence-corrected chi connectivity index (χ0v) is 12.6. The number of rotatable bonds is 2. The topological polar surface area (TPSA) is 59.6 Å². The number of ether oxygens (including phenoxy) is 2. The Morgan fingerprint density at radius 3 is 2.90 bits per heavy atom. The van der Waals surface area contributed by atoms with E-state index in [1.165, 1.54) is 6.42 Å². The van der Waals surface area contributed by atoms with E-state index in [0.29, 0.717) is 11.5 Å². The van der Waals surface area contributed by atoms with Gasteiger partial charge < -0.3 is 20.1 Å². The fourth-order valence-corrected chi connectivity index (χ4v) is 2.78. The molecule has 5 heteroatoms. The molecule has 1 saturated heterocycles. The van der Waals surface area contributed by atoms with Crippen LogP contribution in [0.15, 0.2) is 18.2 Å². The molecular formula is C16H22N2O3. The highest BCUT2D eigenvalue weighted by molar-refractivity contribution is 5.95. The van der Waals surface area contributed by atoms with Crippen LogP contribution in [0.2, 0.25) is 0 Å². The summed E-state index contributed by atoms with van der Waals surface area (Å²) in [6.45, 7) is 4.63. The van der Waals surface area contributed by atoms with E-state index in [2.05, 4.69) is 10.6 Å². The highest BCUT2D eigenvalue weighted by Crippen LogP contribution is 2.40. The van der Waals surface area contributed by atoms with E-state index in [-0.39, 0.29) is 11.9 Å². The van der Waals surface area contributed by atoms with Crippen molar-refractivity contribution in [1.29, 1.82) is 0 Å². The van der Waals surface area contributed by atoms with E-state index < -0.39 is 5.79 Å². The third-order valence-corrected chi connectivity index (χ3v) is 3.80. The maximum atomic E-state index is 12.3. The highest BCUT2D eigenvalue weighted by atomic mass is 16.7. The molecule has 1 atom stereocenters. The summed E-state index contributed by atoms with van der Waals surface area (Å²) < 4.78 is 11.3. The minimum Gasteiger partial charge on any atom is -0.449 e. The second kappa shape index (κ2) is 5.56. The van der Waals surface area contributed by atoms with Gasteiger partial charge in [0.1, 0.15) is 0 Å².